The number of methoxy groups -OCH3 is 1. The van der Waals surface area contributed by atoms with Crippen molar-refractivity contribution in [2.75, 3.05) is 12.8 Å². The third kappa shape index (κ3) is 1.95. The van der Waals surface area contributed by atoms with Crippen molar-refractivity contribution in [1.82, 2.24) is 4.98 Å². The summed E-state index contributed by atoms with van der Waals surface area (Å²) in [6.45, 7) is 0. The van der Waals surface area contributed by atoms with Crippen molar-refractivity contribution in [2.45, 2.75) is 0 Å². The molecule has 0 spiro atoms. The monoisotopic (exact) mass is 234 g/mol. The van der Waals surface area contributed by atoms with Gasteiger partial charge in [-0.2, -0.15) is 0 Å². The third-order valence-electron chi connectivity index (χ3n) is 2.23. The molecule has 16 heavy (non-hydrogen) atoms. The lowest BCUT2D eigenvalue weighted by atomic mass is 10.1. The van der Waals surface area contributed by atoms with Crippen molar-refractivity contribution in [3.8, 4) is 17.0 Å². The number of hydrogen-bond donors (Lipinski definition) is 1. The summed E-state index contributed by atoms with van der Waals surface area (Å²) in [4.78, 5) is 4.11. The fourth-order valence-electron chi connectivity index (χ4n) is 1.50. The highest BCUT2D eigenvalue weighted by atomic mass is 35.5. The van der Waals surface area contributed by atoms with E-state index in [2.05, 4.69) is 4.98 Å². The normalized spacial score (nSPS) is 10.1. The van der Waals surface area contributed by atoms with E-state index in [0.717, 1.165) is 11.1 Å². The minimum absolute atomic E-state index is 0.516. The van der Waals surface area contributed by atoms with Crippen LogP contribution in [0.1, 0.15) is 0 Å². The molecule has 0 radical (unpaired) electrons. The SMILES string of the molecule is COc1ncc(N)cc1-c1ccccc1Cl. The zero-order valence-corrected chi connectivity index (χ0v) is 9.53. The first-order valence-corrected chi connectivity index (χ1v) is 5.14. The average Bonchev–Trinajstić information content (AvgIpc) is 2.29. The number of pyridine rings is 1. The molecule has 2 aromatic rings. The molecule has 0 aliphatic heterocycles. The number of rotatable bonds is 2. The summed E-state index contributed by atoms with van der Waals surface area (Å²) in [7, 11) is 1.57. The van der Waals surface area contributed by atoms with Crippen LogP contribution in [0.2, 0.25) is 5.02 Å². The van der Waals surface area contributed by atoms with Crippen LogP contribution in [0.3, 0.4) is 0 Å². The molecule has 0 aliphatic rings. The Bertz CT molecular complexity index is 514. The fraction of sp³-hybridized carbons (Fsp3) is 0.0833. The fourth-order valence-corrected chi connectivity index (χ4v) is 1.74. The van der Waals surface area contributed by atoms with Crippen LogP contribution in [0, 0.1) is 0 Å². The van der Waals surface area contributed by atoms with Gasteiger partial charge in [0, 0.05) is 16.1 Å². The van der Waals surface area contributed by atoms with Crippen molar-refractivity contribution in [2.24, 2.45) is 0 Å². The van der Waals surface area contributed by atoms with E-state index in [1.807, 2.05) is 24.3 Å². The van der Waals surface area contributed by atoms with E-state index in [-0.39, 0.29) is 0 Å². The maximum Gasteiger partial charge on any atom is 0.221 e. The van der Waals surface area contributed by atoms with Gasteiger partial charge in [0.05, 0.1) is 19.0 Å². The summed E-state index contributed by atoms with van der Waals surface area (Å²) >= 11 is 6.12. The molecular formula is C12H11ClN2O. The molecule has 1 aromatic heterocycles. The molecule has 0 fully saturated rings. The highest BCUT2D eigenvalue weighted by Gasteiger charge is 2.10. The Morgan fingerprint density at radius 1 is 1.25 bits per heavy atom. The van der Waals surface area contributed by atoms with E-state index in [9.17, 15) is 0 Å². The van der Waals surface area contributed by atoms with Gasteiger partial charge in [-0.3, -0.25) is 0 Å². The second-order valence-electron chi connectivity index (χ2n) is 3.31. The van der Waals surface area contributed by atoms with Gasteiger partial charge in [-0.05, 0) is 12.1 Å². The van der Waals surface area contributed by atoms with E-state index in [1.165, 1.54) is 0 Å². The lowest BCUT2D eigenvalue weighted by Gasteiger charge is -2.09. The highest BCUT2D eigenvalue weighted by molar-refractivity contribution is 6.33. The minimum Gasteiger partial charge on any atom is -0.481 e. The number of hydrogen-bond acceptors (Lipinski definition) is 3. The number of nitrogen functional groups attached to an aromatic ring is 1. The summed E-state index contributed by atoms with van der Waals surface area (Å²) in [5, 5.41) is 0.646. The second-order valence-corrected chi connectivity index (χ2v) is 3.71. The van der Waals surface area contributed by atoms with Gasteiger partial charge in [-0.1, -0.05) is 29.8 Å². The Hall–Kier alpha value is -1.74. The molecule has 0 amide bonds. The van der Waals surface area contributed by atoms with Gasteiger partial charge in [0.15, 0.2) is 0 Å². The molecule has 82 valence electrons. The maximum absolute atomic E-state index is 6.12. The van der Waals surface area contributed by atoms with E-state index in [0.29, 0.717) is 16.6 Å². The summed E-state index contributed by atoms with van der Waals surface area (Å²) in [6, 6.07) is 9.30. The molecule has 2 rings (SSSR count). The Kier molecular flexibility index (Phi) is 2.97. The molecule has 0 saturated carbocycles. The van der Waals surface area contributed by atoms with Crippen LogP contribution in [0.5, 0.6) is 5.88 Å². The Balaban J connectivity index is 2.63. The van der Waals surface area contributed by atoms with Crippen LogP contribution in [-0.2, 0) is 0 Å². The van der Waals surface area contributed by atoms with Crippen molar-refractivity contribution in [3.05, 3.63) is 41.6 Å². The first kappa shape index (κ1) is 10.8. The van der Waals surface area contributed by atoms with Crippen molar-refractivity contribution >= 4 is 17.3 Å². The summed E-state index contributed by atoms with van der Waals surface area (Å²) < 4.78 is 5.18. The molecule has 1 heterocycles. The number of nitrogens with two attached hydrogens (primary N) is 1. The van der Waals surface area contributed by atoms with Crippen LogP contribution in [0.25, 0.3) is 11.1 Å². The molecule has 0 unspecified atom stereocenters. The molecule has 0 bridgehead atoms. The Labute approximate surface area is 98.8 Å². The van der Waals surface area contributed by atoms with Crippen LogP contribution in [0.15, 0.2) is 36.5 Å². The van der Waals surface area contributed by atoms with Gasteiger partial charge in [-0.25, -0.2) is 4.98 Å². The number of ether oxygens (including phenoxy) is 1. The van der Waals surface area contributed by atoms with E-state index in [4.69, 9.17) is 22.1 Å². The molecule has 0 saturated heterocycles. The molecule has 1 aromatic carbocycles. The predicted molar refractivity (Wildman–Crippen MR) is 65.6 cm³/mol. The van der Waals surface area contributed by atoms with E-state index < -0.39 is 0 Å². The number of benzene rings is 1. The number of halogens is 1. The van der Waals surface area contributed by atoms with Gasteiger partial charge < -0.3 is 10.5 Å². The summed E-state index contributed by atoms with van der Waals surface area (Å²) in [5.41, 5.74) is 7.95. The van der Waals surface area contributed by atoms with Gasteiger partial charge in [0.25, 0.3) is 0 Å². The largest absolute Gasteiger partial charge is 0.481 e. The zero-order chi connectivity index (χ0) is 11.5. The van der Waals surface area contributed by atoms with Crippen molar-refractivity contribution < 1.29 is 4.74 Å². The second kappa shape index (κ2) is 4.41. The molecular weight excluding hydrogens is 224 g/mol. The molecule has 2 N–H and O–H groups in total. The number of aromatic nitrogens is 1. The van der Waals surface area contributed by atoms with Crippen LogP contribution in [0.4, 0.5) is 5.69 Å². The van der Waals surface area contributed by atoms with E-state index in [1.54, 1.807) is 19.4 Å². The molecule has 0 atom stereocenters. The van der Waals surface area contributed by atoms with Crippen LogP contribution in [-0.4, -0.2) is 12.1 Å². The Morgan fingerprint density at radius 2 is 2.00 bits per heavy atom. The lowest BCUT2D eigenvalue weighted by Crippen LogP contribution is -1.94. The standard InChI is InChI=1S/C12H11ClN2O/c1-16-12-10(6-8(14)7-15-12)9-4-2-3-5-11(9)13/h2-7H,14H2,1H3. The molecule has 0 aliphatic carbocycles. The highest BCUT2D eigenvalue weighted by Crippen LogP contribution is 2.34. The van der Waals surface area contributed by atoms with Gasteiger partial charge in [0.2, 0.25) is 5.88 Å². The zero-order valence-electron chi connectivity index (χ0n) is 8.77. The van der Waals surface area contributed by atoms with Gasteiger partial charge in [-0.15, -0.1) is 0 Å². The summed E-state index contributed by atoms with van der Waals surface area (Å²) in [6.07, 6.45) is 1.55. The summed E-state index contributed by atoms with van der Waals surface area (Å²) in [5.74, 6) is 0.516. The maximum atomic E-state index is 6.12. The van der Waals surface area contributed by atoms with Crippen LogP contribution >= 0.6 is 11.6 Å². The topological polar surface area (TPSA) is 48.1 Å². The molecule has 4 heteroatoms. The number of anilines is 1. The van der Waals surface area contributed by atoms with E-state index >= 15 is 0 Å². The first-order valence-electron chi connectivity index (χ1n) is 4.77. The Morgan fingerprint density at radius 3 is 2.69 bits per heavy atom. The third-order valence-corrected chi connectivity index (χ3v) is 2.56. The minimum atomic E-state index is 0.516. The lowest BCUT2D eigenvalue weighted by molar-refractivity contribution is 0.400. The predicted octanol–water partition coefficient (Wildman–Crippen LogP) is 2.99. The van der Waals surface area contributed by atoms with Crippen molar-refractivity contribution in [3.63, 3.8) is 0 Å². The quantitative estimate of drug-likeness (QED) is 0.869. The molecule has 3 nitrogen and oxygen atoms in total. The first-order chi connectivity index (χ1) is 7.72. The van der Waals surface area contributed by atoms with Crippen LogP contribution < -0.4 is 10.5 Å². The average molecular weight is 235 g/mol. The van der Waals surface area contributed by atoms with Gasteiger partial charge >= 0.3 is 0 Å². The van der Waals surface area contributed by atoms with Crippen molar-refractivity contribution in [1.29, 1.82) is 0 Å². The smallest absolute Gasteiger partial charge is 0.221 e. The number of nitrogens with zero attached hydrogens (tertiary/aromatic N) is 1. The van der Waals surface area contributed by atoms with Gasteiger partial charge in [0.1, 0.15) is 0 Å².